The van der Waals surface area contributed by atoms with Gasteiger partial charge in [-0.3, -0.25) is 14.6 Å². The SMILES string of the molecule is O=C(O)CCc1cncc(CCC(=O)O)c1. The molecule has 0 aliphatic carbocycles. The van der Waals surface area contributed by atoms with Gasteiger partial charge in [-0.15, -0.1) is 0 Å². The molecule has 5 nitrogen and oxygen atoms in total. The summed E-state index contributed by atoms with van der Waals surface area (Å²) in [5.74, 6) is -1.70. The lowest BCUT2D eigenvalue weighted by Gasteiger charge is -2.02. The zero-order chi connectivity index (χ0) is 12.0. The van der Waals surface area contributed by atoms with Gasteiger partial charge in [-0.05, 0) is 24.0 Å². The van der Waals surface area contributed by atoms with E-state index < -0.39 is 11.9 Å². The topological polar surface area (TPSA) is 87.5 Å². The second-order valence-electron chi connectivity index (χ2n) is 3.49. The van der Waals surface area contributed by atoms with E-state index in [1.807, 2.05) is 0 Å². The maximum absolute atomic E-state index is 10.4. The molecule has 86 valence electrons. The van der Waals surface area contributed by atoms with E-state index in [2.05, 4.69) is 4.98 Å². The van der Waals surface area contributed by atoms with Gasteiger partial charge in [0.2, 0.25) is 0 Å². The molecule has 0 aromatic carbocycles. The first kappa shape index (κ1) is 12.2. The average molecular weight is 223 g/mol. The molecule has 0 amide bonds. The van der Waals surface area contributed by atoms with Gasteiger partial charge in [-0.1, -0.05) is 6.07 Å². The summed E-state index contributed by atoms with van der Waals surface area (Å²) in [6.45, 7) is 0. The summed E-state index contributed by atoms with van der Waals surface area (Å²) in [5.41, 5.74) is 1.65. The highest BCUT2D eigenvalue weighted by Crippen LogP contribution is 2.07. The van der Waals surface area contributed by atoms with Crippen LogP contribution in [0.2, 0.25) is 0 Å². The van der Waals surface area contributed by atoms with Crippen LogP contribution in [0.5, 0.6) is 0 Å². The van der Waals surface area contributed by atoms with E-state index in [-0.39, 0.29) is 12.8 Å². The van der Waals surface area contributed by atoms with E-state index in [0.29, 0.717) is 12.8 Å². The minimum Gasteiger partial charge on any atom is -0.481 e. The smallest absolute Gasteiger partial charge is 0.303 e. The molecule has 1 rings (SSSR count). The first-order valence-corrected chi connectivity index (χ1v) is 4.94. The number of aliphatic carboxylic acids is 2. The minimum absolute atomic E-state index is 0.0596. The van der Waals surface area contributed by atoms with Crippen LogP contribution in [0.1, 0.15) is 24.0 Å². The van der Waals surface area contributed by atoms with Crippen molar-refractivity contribution in [1.29, 1.82) is 0 Å². The van der Waals surface area contributed by atoms with Crippen LogP contribution in [0.4, 0.5) is 0 Å². The number of pyridine rings is 1. The number of aromatic nitrogens is 1. The van der Waals surface area contributed by atoms with E-state index in [1.54, 1.807) is 18.5 Å². The second kappa shape index (κ2) is 5.85. The molecule has 0 unspecified atom stereocenters. The van der Waals surface area contributed by atoms with Crippen molar-refractivity contribution in [3.05, 3.63) is 29.6 Å². The Balaban J connectivity index is 2.56. The molecule has 1 heterocycles. The van der Waals surface area contributed by atoms with E-state index in [9.17, 15) is 9.59 Å². The summed E-state index contributed by atoms with van der Waals surface area (Å²) in [6, 6.07) is 1.80. The molecule has 0 atom stereocenters. The Bertz CT molecular complexity index is 356. The van der Waals surface area contributed by atoms with Crippen molar-refractivity contribution < 1.29 is 19.8 Å². The van der Waals surface area contributed by atoms with Gasteiger partial charge in [0.1, 0.15) is 0 Å². The van der Waals surface area contributed by atoms with E-state index in [0.717, 1.165) is 11.1 Å². The van der Waals surface area contributed by atoms with Crippen molar-refractivity contribution in [3.63, 3.8) is 0 Å². The fraction of sp³-hybridized carbons (Fsp3) is 0.364. The number of carboxylic acids is 2. The zero-order valence-corrected chi connectivity index (χ0v) is 8.72. The quantitative estimate of drug-likeness (QED) is 0.754. The molecule has 0 fully saturated rings. The summed E-state index contributed by atoms with van der Waals surface area (Å²) in [7, 11) is 0. The highest BCUT2D eigenvalue weighted by atomic mass is 16.4. The standard InChI is InChI=1S/C11H13NO4/c13-10(14)3-1-8-5-9(7-12-6-8)2-4-11(15)16/h5-7H,1-4H2,(H,13,14)(H,15,16). The summed E-state index contributed by atoms with van der Waals surface area (Å²) >= 11 is 0. The van der Waals surface area contributed by atoms with Crippen LogP contribution in [-0.4, -0.2) is 27.1 Å². The van der Waals surface area contributed by atoms with Crippen molar-refractivity contribution in [2.24, 2.45) is 0 Å². The Hall–Kier alpha value is -1.91. The van der Waals surface area contributed by atoms with Crippen molar-refractivity contribution in [2.75, 3.05) is 0 Å². The predicted molar refractivity (Wildman–Crippen MR) is 56.2 cm³/mol. The van der Waals surface area contributed by atoms with Crippen molar-refractivity contribution >= 4 is 11.9 Å². The number of carbonyl (C=O) groups is 2. The number of hydrogen-bond donors (Lipinski definition) is 2. The van der Waals surface area contributed by atoms with Crippen LogP contribution in [-0.2, 0) is 22.4 Å². The zero-order valence-electron chi connectivity index (χ0n) is 8.72. The molecular formula is C11H13NO4. The first-order chi connectivity index (χ1) is 7.58. The molecule has 1 aromatic heterocycles. The van der Waals surface area contributed by atoms with Crippen LogP contribution in [0.15, 0.2) is 18.5 Å². The predicted octanol–water partition coefficient (Wildman–Crippen LogP) is 1.12. The molecule has 2 N–H and O–H groups in total. The summed E-state index contributed by atoms with van der Waals surface area (Å²) in [5, 5.41) is 17.0. The van der Waals surface area contributed by atoms with Gasteiger partial charge in [-0.2, -0.15) is 0 Å². The fourth-order valence-corrected chi connectivity index (χ4v) is 1.32. The molecule has 0 saturated carbocycles. The third-order valence-corrected chi connectivity index (χ3v) is 2.11. The summed E-state index contributed by atoms with van der Waals surface area (Å²) in [6.07, 6.45) is 4.17. The third-order valence-electron chi connectivity index (χ3n) is 2.11. The molecule has 0 bridgehead atoms. The number of rotatable bonds is 6. The average Bonchev–Trinajstić information content (AvgIpc) is 2.24. The van der Waals surface area contributed by atoms with Crippen molar-refractivity contribution in [2.45, 2.75) is 25.7 Å². The Morgan fingerprint density at radius 3 is 1.81 bits per heavy atom. The Morgan fingerprint density at radius 1 is 1.00 bits per heavy atom. The van der Waals surface area contributed by atoms with Gasteiger partial charge < -0.3 is 10.2 Å². The number of carboxylic acid groups (broad SMARTS) is 2. The van der Waals surface area contributed by atoms with E-state index >= 15 is 0 Å². The minimum atomic E-state index is -0.851. The third kappa shape index (κ3) is 4.54. The number of nitrogens with zero attached hydrogens (tertiary/aromatic N) is 1. The highest BCUT2D eigenvalue weighted by Gasteiger charge is 2.03. The molecule has 0 saturated heterocycles. The lowest BCUT2D eigenvalue weighted by molar-refractivity contribution is -0.137. The molecule has 16 heavy (non-hydrogen) atoms. The maximum atomic E-state index is 10.4. The van der Waals surface area contributed by atoms with Gasteiger partial charge in [0.15, 0.2) is 0 Å². The summed E-state index contributed by atoms with van der Waals surface area (Å²) in [4.78, 5) is 24.7. The van der Waals surface area contributed by atoms with Crippen LogP contribution < -0.4 is 0 Å². The summed E-state index contributed by atoms with van der Waals surface area (Å²) < 4.78 is 0. The van der Waals surface area contributed by atoms with Crippen LogP contribution in [0.25, 0.3) is 0 Å². The van der Waals surface area contributed by atoms with Gasteiger partial charge in [0.05, 0.1) is 0 Å². The molecule has 1 aromatic rings. The molecule has 0 spiro atoms. The highest BCUT2D eigenvalue weighted by molar-refractivity contribution is 5.67. The molecule has 5 heteroatoms. The van der Waals surface area contributed by atoms with Crippen LogP contribution in [0, 0.1) is 0 Å². The fourth-order valence-electron chi connectivity index (χ4n) is 1.32. The van der Waals surface area contributed by atoms with E-state index in [4.69, 9.17) is 10.2 Å². The monoisotopic (exact) mass is 223 g/mol. The molecule has 0 aliphatic heterocycles. The van der Waals surface area contributed by atoms with Crippen molar-refractivity contribution in [1.82, 2.24) is 4.98 Å². The normalized spacial score (nSPS) is 10.0. The molecular weight excluding hydrogens is 210 g/mol. The molecule has 0 radical (unpaired) electrons. The Morgan fingerprint density at radius 2 is 1.44 bits per heavy atom. The van der Waals surface area contributed by atoms with Crippen LogP contribution >= 0.6 is 0 Å². The Labute approximate surface area is 92.8 Å². The van der Waals surface area contributed by atoms with Gasteiger partial charge in [0.25, 0.3) is 0 Å². The lowest BCUT2D eigenvalue weighted by Crippen LogP contribution is -2.00. The van der Waals surface area contributed by atoms with Crippen LogP contribution in [0.3, 0.4) is 0 Å². The van der Waals surface area contributed by atoms with E-state index in [1.165, 1.54) is 0 Å². The maximum Gasteiger partial charge on any atom is 0.303 e. The van der Waals surface area contributed by atoms with Gasteiger partial charge in [-0.25, -0.2) is 0 Å². The second-order valence-corrected chi connectivity index (χ2v) is 3.49. The first-order valence-electron chi connectivity index (χ1n) is 4.94. The molecule has 0 aliphatic rings. The lowest BCUT2D eigenvalue weighted by atomic mass is 10.1. The number of hydrogen-bond acceptors (Lipinski definition) is 3. The Kier molecular flexibility index (Phi) is 4.44. The largest absolute Gasteiger partial charge is 0.481 e. The van der Waals surface area contributed by atoms with Gasteiger partial charge >= 0.3 is 11.9 Å². The van der Waals surface area contributed by atoms with Crippen molar-refractivity contribution in [3.8, 4) is 0 Å². The number of aryl methyl sites for hydroxylation is 2. The van der Waals surface area contributed by atoms with Gasteiger partial charge in [0, 0.05) is 25.2 Å².